The Labute approximate surface area is 207 Å². The number of fused-ring (bicyclic) bond motifs is 4. The first-order valence-corrected chi connectivity index (χ1v) is 13.3. The second kappa shape index (κ2) is 10.2. The first kappa shape index (κ1) is 22.9. The molecule has 3 aromatic rings. The Bertz CT molecular complexity index is 1200. The van der Waals surface area contributed by atoms with E-state index >= 15 is 0 Å². The number of nitrogens with one attached hydrogen (secondary N) is 3. The van der Waals surface area contributed by atoms with Crippen molar-refractivity contribution in [2.75, 3.05) is 25.6 Å². The van der Waals surface area contributed by atoms with E-state index in [2.05, 4.69) is 20.6 Å². The molecule has 180 valence electrons. The monoisotopic (exact) mass is 579 g/mol. The Balaban J connectivity index is 1.65. The molecule has 1 atom stereocenters. The number of ether oxygens (including phenoxy) is 2. The van der Waals surface area contributed by atoms with Crippen LogP contribution in [0.15, 0.2) is 36.7 Å². The molecule has 10 heteroatoms. The van der Waals surface area contributed by atoms with E-state index in [0.29, 0.717) is 48.0 Å². The molecule has 3 N–H and O–H groups in total. The van der Waals surface area contributed by atoms with E-state index in [-0.39, 0.29) is 15.7 Å². The molecule has 34 heavy (non-hydrogen) atoms. The van der Waals surface area contributed by atoms with Crippen LogP contribution in [0.2, 0.25) is 0 Å². The van der Waals surface area contributed by atoms with Crippen LogP contribution in [0.25, 0.3) is 11.3 Å². The topological polar surface area (TPSA) is 97.5 Å². The molecule has 0 saturated carbocycles. The van der Waals surface area contributed by atoms with Crippen molar-refractivity contribution < 1.29 is 43.3 Å². The van der Waals surface area contributed by atoms with Gasteiger partial charge in [-0.3, -0.25) is 0 Å². The summed E-state index contributed by atoms with van der Waals surface area (Å²) in [7, 11) is 1.41. The van der Waals surface area contributed by atoms with Gasteiger partial charge in [0.1, 0.15) is 0 Å². The summed E-state index contributed by atoms with van der Waals surface area (Å²) in [6, 6.07) is 6.49. The van der Waals surface area contributed by atoms with Crippen LogP contribution in [-0.2, 0) is 9.49 Å². The Kier molecular flexibility index (Phi) is 6.86. The fourth-order valence-electron chi connectivity index (χ4n) is 4.17. The van der Waals surface area contributed by atoms with Crippen LogP contribution in [0, 0.1) is 5.82 Å². The van der Waals surface area contributed by atoms with Crippen LogP contribution in [0.5, 0.6) is 11.5 Å². The number of nitrogens with zero attached hydrogens (tertiary/aromatic N) is 1. The van der Waals surface area contributed by atoms with Crippen LogP contribution in [-0.4, -0.2) is 40.2 Å². The van der Waals surface area contributed by atoms with E-state index < -0.39 is 27.4 Å². The summed E-state index contributed by atoms with van der Waals surface area (Å²) in [6.07, 6.45) is 6.86. The average Bonchev–Trinajstić information content (AvgIpc) is 3.19. The molecule has 4 heterocycles. The van der Waals surface area contributed by atoms with Gasteiger partial charge in [-0.15, -0.1) is 0 Å². The maximum absolute atomic E-state index is 14.4. The first-order valence-electron chi connectivity index (χ1n) is 11.1. The molecule has 2 aromatic heterocycles. The van der Waals surface area contributed by atoms with Crippen molar-refractivity contribution in [3.8, 4) is 22.8 Å². The predicted molar refractivity (Wildman–Crippen MR) is 121 cm³/mol. The average molecular weight is 579 g/mol. The number of benzene rings is 1. The summed E-state index contributed by atoms with van der Waals surface area (Å²) < 4.78 is 31.7. The third kappa shape index (κ3) is 4.56. The van der Waals surface area contributed by atoms with Gasteiger partial charge in [0.25, 0.3) is 0 Å². The molecule has 1 amide bonds. The molecule has 0 saturated heterocycles. The molecule has 0 aliphatic carbocycles. The van der Waals surface area contributed by atoms with Gasteiger partial charge in [-0.25, -0.2) is 0 Å². The van der Waals surface area contributed by atoms with Crippen molar-refractivity contribution >= 4 is 17.3 Å². The van der Waals surface area contributed by atoms with E-state index in [1.54, 1.807) is 24.5 Å². The minimum absolute atomic E-state index is 0.0276. The number of amides is 1. The zero-order valence-electron chi connectivity index (χ0n) is 18.6. The van der Waals surface area contributed by atoms with Crippen LogP contribution in [0.1, 0.15) is 35.3 Å². The van der Waals surface area contributed by atoms with Crippen LogP contribution >= 0.6 is 0 Å². The number of anilines is 2. The third-order valence-corrected chi connectivity index (χ3v) is 7.92. The predicted octanol–water partition coefficient (Wildman–Crippen LogP) is 1.16. The fraction of sp³-hybridized carbons (Fsp3) is 0.333. The van der Waals surface area contributed by atoms with Gasteiger partial charge in [0, 0.05) is 0 Å². The molecule has 0 radical (unpaired) electrons. The van der Waals surface area contributed by atoms with Gasteiger partial charge in [0.15, 0.2) is 0 Å². The maximum atomic E-state index is 14.4. The summed E-state index contributed by atoms with van der Waals surface area (Å²) in [6.45, 7) is 1.24. The molecule has 2 aliphatic rings. The van der Waals surface area contributed by atoms with Crippen LogP contribution in [0.3, 0.4) is 0 Å². The van der Waals surface area contributed by atoms with Gasteiger partial charge in [-0.2, -0.15) is 0 Å². The molecular weight excluding hydrogens is 554 g/mol. The summed E-state index contributed by atoms with van der Waals surface area (Å²) in [5, 5.41) is 6.37. The van der Waals surface area contributed by atoms with E-state index in [4.69, 9.17) is 12.5 Å². The number of H-pyrrole nitrogens is 1. The molecule has 3 bridgehead atoms. The van der Waals surface area contributed by atoms with Gasteiger partial charge >= 0.3 is 208 Å². The molecule has 1 aromatic carbocycles. The number of rotatable bonds is 3. The molecule has 0 fully saturated rings. The van der Waals surface area contributed by atoms with Crippen molar-refractivity contribution in [3.63, 3.8) is 0 Å². The number of aromatic nitrogens is 2. The Morgan fingerprint density at radius 3 is 3.00 bits per heavy atom. The number of carbonyl (C=O) groups is 1. The third-order valence-electron chi connectivity index (χ3n) is 5.75. The van der Waals surface area contributed by atoms with Crippen molar-refractivity contribution in [1.82, 2.24) is 15.3 Å². The molecule has 8 nitrogen and oxygen atoms in total. The number of methoxy groups -OCH3 is 1. The number of halogens is 2. The summed E-state index contributed by atoms with van der Waals surface area (Å²) in [5.74, 6) is 0.00163. The van der Waals surface area contributed by atoms with Gasteiger partial charge in [0.2, 0.25) is 0 Å². The van der Waals surface area contributed by atoms with E-state index in [1.807, 2.05) is 6.07 Å². The zero-order chi connectivity index (χ0) is 23.5. The Morgan fingerprint density at radius 1 is 1.24 bits per heavy atom. The molecule has 0 spiro atoms. The second-order valence-corrected chi connectivity index (χ2v) is 10.6. The van der Waals surface area contributed by atoms with Crippen LogP contribution < -0.4 is 41.7 Å². The van der Waals surface area contributed by atoms with Gasteiger partial charge in [0.05, 0.1) is 0 Å². The minimum atomic E-state index is -0.659. The quantitative estimate of drug-likeness (QED) is 0.245. The number of alkyl halides is 1. The van der Waals surface area contributed by atoms with E-state index in [1.165, 1.54) is 13.2 Å². The first-order chi connectivity index (χ1) is 16.7. The van der Waals surface area contributed by atoms with Gasteiger partial charge < -0.3 is 0 Å². The second-order valence-electron chi connectivity index (χ2n) is 8.00. The standard InChI is InChI=1S/C24H25FIN4O4/c1-32-23-15(25)6-5-7-16(23)28-22-20-17-12-19(30-24(20)31)26-34-11-4-2-3-10-33-18-13-27-9-8-14(18)21(22)29-17/h5-9,13,19,28-29H,2-4,10-12H2,1H3,(H,30,31)/q-1/t19-/m0/s1. The number of hydrogen-bond donors (Lipinski definition) is 3. The number of pyridine rings is 1. The van der Waals surface area contributed by atoms with Gasteiger partial charge in [-0.1, -0.05) is 0 Å². The number of aromatic amines is 1. The van der Waals surface area contributed by atoms with E-state index in [0.717, 1.165) is 30.5 Å². The Morgan fingerprint density at radius 2 is 2.12 bits per heavy atom. The Hall–Kier alpha value is -2.86. The number of hydrogen-bond acceptors (Lipinski definition) is 6. The van der Waals surface area contributed by atoms with Crippen molar-refractivity contribution in [2.45, 2.75) is 29.7 Å². The summed E-state index contributed by atoms with van der Waals surface area (Å²) in [5.41, 5.74) is 3.71. The van der Waals surface area contributed by atoms with E-state index in [9.17, 15) is 9.18 Å². The van der Waals surface area contributed by atoms with Crippen LogP contribution in [0.4, 0.5) is 15.8 Å². The molecule has 5 rings (SSSR count). The molecular formula is C24H25FIN4O4-. The van der Waals surface area contributed by atoms with Crippen molar-refractivity contribution in [1.29, 1.82) is 0 Å². The zero-order valence-corrected chi connectivity index (χ0v) is 20.8. The summed E-state index contributed by atoms with van der Waals surface area (Å²) >= 11 is -0.659. The normalized spacial score (nSPS) is 18.4. The SMILES string of the molecule is COc1c(F)cccc1Nc1c2[nH]c3c1C(=O)N[C@@H](C3)[I-]OCCCCCOc1cnccc1-2. The van der Waals surface area contributed by atoms with Crippen molar-refractivity contribution in [2.24, 2.45) is 0 Å². The molecule has 2 aliphatic heterocycles. The fourth-order valence-corrected chi connectivity index (χ4v) is 6.20. The van der Waals surface area contributed by atoms with Crippen molar-refractivity contribution in [3.05, 3.63) is 53.7 Å². The number of para-hydroxylation sites is 1. The molecule has 0 unspecified atom stereocenters. The van der Waals surface area contributed by atoms with Gasteiger partial charge in [-0.05, 0) is 0 Å². The summed E-state index contributed by atoms with van der Waals surface area (Å²) in [4.78, 5) is 21.0. The number of carbonyl (C=O) groups excluding carboxylic acids is 1.